The van der Waals surface area contributed by atoms with Crippen LogP contribution in [0.4, 0.5) is 5.69 Å². The number of carbonyl (C=O) groups is 1. The second kappa shape index (κ2) is 9.52. The van der Waals surface area contributed by atoms with Crippen molar-refractivity contribution in [1.82, 2.24) is 4.90 Å². The Hall–Kier alpha value is -2.53. The Balaban J connectivity index is 1.50. The monoisotopic (exact) mass is 410 g/mol. The molecule has 0 aliphatic carbocycles. The fourth-order valence-electron chi connectivity index (χ4n) is 3.45. The van der Waals surface area contributed by atoms with E-state index < -0.39 is 6.10 Å². The van der Waals surface area contributed by atoms with Crippen LogP contribution in [0, 0.1) is 0 Å². The Bertz CT molecular complexity index is 817. The summed E-state index contributed by atoms with van der Waals surface area (Å²) >= 11 is 0. The van der Waals surface area contributed by atoms with Gasteiger partial charge in [0.05, 0.1) is 0 Å². The fraction of sp³-hybridized carbons (Fsp3) is 0.480. The summed E-state index contributed by atoms with van der Waals surface area (Å²) in [6, 6.07) is 15.5. The normalized spacial score (nSPS) is 16.7. The lowest BCUT2D eigenvalue weighted by atomic mass is 9.87. The summed E-state index contributed by atoms with van der Waals surface area (Å²) in [4.78, 5) is 14.8. The summed E-state index contributed by atoms with van der Waals surface area (Å²) in [5, 5.41) is 2.91. The number of piperidine rings is 1. The van der Waals surface area contributed by atoms with Crippen molar-refractivity contribution in [3.8, 4) is 11.5 Å². The molecule has 0 spiro atoms. The van der Waals surface area contributed by atoms with Crippen LogP contribution in [0.5, 0.6) is 11.5 Å². The van der Waals surface area contributed by atoms with Gasteiger partial charge in [-0.05, 0) is 74.2 Å². The first-order chi connectivity index (χ1) is 14.2. The summed E-state index contributed by atoms with van der Waals surface area (Å²) < 4.78 is 11.9. The van der Waals surface area contributed by atoms with E-state index in [9.17, 15) is 4.79 Å². The number of amides is 1. The minimum absolute atomic E-state index is 0.0880. The lowest BCUT2D eigenvalue weighted by Crippen LogP contribution is -2.35. The second-order valence-corrected chi connectivity index (χ2v) is 9.17. The van der Waals surface area contributed by atoms with Crippen molar-refractivity contribution < 1.29 is 14.3 Å². The van der Waals surface area contributed by atoms with Crippen LogP contribution >= 0.6 is 0 Å². The van der Waals surface area contributed by atoms with Crippen LogP contribution in [0.25, 0.3) is 0 Å². The molecule has 1 fully saturated rings. The minimum Gasteiger partial charge on any atom is -0.490 e. The third-order valence-corrected chi connectivity index (χ3v) is 5.49. The van der Waals surface area contributed by atoms with Crippen LogP contribution in [0.3, 0.4) is 0 Å². The predicted octanol–water partition coefficient (Wildman–Crippen LogP) is 4.86. The van der Waals surface area contributed by atoms with E-state index in [-0.39, 0.29) is 17.4 Å². The molecule has 30 heavy (non-hydrogen) atoms. The first kappa shape index (κ1) is 22.2. The number of nitrogens with one attached hydrogen (secondary N) is 1. The van der Waals surface area contributed by atoms with Crippen molar-refractivity contribution in [2.45, 2.75) is 58.2 Å². The number of benzene rings is 2. The number of hydrogen-bond donors (Lipinski definition) is 1. The van der Waals surface area contributed by atoms with Gasteiger partial charge in [0.15, 0.2) is 6.10 Å². The molecular formula is C25H34N2O3. The van der Waals surface area contributed by atoms with E-state index in [1.54, 1.807) is 6.92 Å². The topological polar surface area (TPSA) is 50.8 Å². The highest BCUT2D eigenvalue weighted by atomic mass is 16.5. The molecule has 3 rings (SSSR count). The minimum atomic E-state index is -0.597. The first-order valence-electron chi connectivity index (χ1n) is 10.7. The summed E-state index contributed by atoms with van der Waals surface area (Å²) in [7, 11) is 2.14. The first-order valence-corrected chi connectivity index (χ1v) is 10.7. The maximum absolute atomic E-state index is 12.5. The van der Waals surface area contributed by atoms with Crippen molar-refractivity contribution >= 4 is 11.6 Å². The molecule has 0 saturated carbocycles. The SMILES string of the molecule is C[C@H](Oc1ccc(C(C)(C)C)cc1)C(=O)Nc1ccc(OC2CCN(C)CC2)cc1. The van der Waals surface area contributed by atoms with Crippen molar-refractivity contribution in [2.24, 2.45) is 0 Å². The number of carbonyl (C=O) groups excluding carboxylic acids is 1. The second-order valence-electron chi connectivity index (χ2n) is 9.17. The molecule has 0 bridgehead atoms. The molecule has 0 aromatic heterocycles. The molecule has 162 valence electrons. The van der Waals surface area contributed by atoms with Gasteiger partial charge >= 0.3 is 0 Å². The zero-order valence-electron chi connectivity index (χ0n) is 18.8. The summed E-state index contributed by atoms with van der Waals surface area (Å²) in [5.41, 5.74) is 2.05. The van der Waals surface area contributed by atoms with Gasteiger partial charge in [0, 0.05) is 18.8 Å². The fourth-order valence-corrected chi connectivity index (χ4v) is 3.45. The number of hydrogen-bond acceptors (Lipinski definition) is 4. The molecule has 5 nitrogen and oxygen atoms in total. The number of nitrogens with zero attached hydrogens (tertiary/aromatic N) is 1. The highest BCUT2D eigenvalue weighted by Gasteiger charge is 2.19. The quantitative estimate of drug-likeness (QED) is 0.739. The third-order valence-electron chi connectivity index (χ3n) is 5.49. The van der Waals surface area contributed by atoms with E-state index in [2.05, 4.69) is 38.0 Å². The molecule has 1 aliphatic heterocycles. The van der Waals surface area contributed by atoms with Gasteiger partial charge in [0.25, 0.3) is 5.91 Å². The number of rotatable bonds is 6. The Labute approximate surface area is 180 Å². The van der Waals surface area contributed by atoms with E-state index in [4.69, 9.17) is 9.47 Å². The van der Waals surface area contributed by atoms with Gasteiger partial charge in [0.1, 0.15) is 17.6 Å². The van der Waals surface area contributed by atoms with E-state index in [0.717, 1.165) is 37.4 Å². The molecule has 1 amide bonds. The number of anilines is 1. The van der Waals surface area contributed by atoms with E-state index in [1.165, 1.54) is 5.56 Å². The standard InChI is InChI=1S/C25H34N2O3/c1-18(29-21-10-6-19(7-11-21)25(2,3)4)24(28)26-20-8-12-22(13-9-20)30-23-14-16-27(5)17-15-23/h6-13,18,23H,14-17H2,1-5H3,(H,26,28)/t18-/m0/s1. The van der Waals surface area contributed by atoms with Crippen molar-refractivity contribution in [1.29, 1.82) is 0 Å². The maximum atomic E-state index is 12.5. The molecule has 5 heteroatoms. The van der Waals surface area contributed by atoms with Crippen LogP contribution in [0.15, 0.2) is 48.5 Å². The van der Waals surface area contributed by atoms with Crippen LogP contribution < -0.4 is 14.8 Å². The van der Waals surface area contributed by atoms with Gasteiger partial charge in [0.2, 0.25) is 0 Å². The zero-order chi connectivity index (χ0) is 21.7. The smallest absolute Gasteiger partial charge is 0.265 e. The van der Waals surface area contributed by atoms with Crippen LogP contribution in [-0.2, 0) is 10.2 Å². The van der Waals surface area contributed by atoms with Crippen LogP contribution in [-0.4, -0.2) is 43.2 Å². The highest BCUT2D eigenvalue weighted by Crippen LogP contribution is 2.25. The lowest BCUT2D eigenvalue weighted by molar-refractivity contribution is -0.122. The van der Waals surface area contributed by atoms with Gasteiger partial charge in [-0.1, -0.05) is 32.9 Å². The lowest BCUT2D eigenvalue weighted by Gasteiger charge is -2.29. The third kappa shape index (κ3) is 6.23. The average molecular weight is 411 g/mol. The van der Waals surface area contributed by atoms with Crippen molar-refractivity contribution in [3.05, 3.63) is 54.1 Å². The summed E-state index contributed by atoms with van der Waals surface area (Å²) in [6.07, 6.45) is 1.75. The zero-order valence-corrected chi connectivity index (χ0v) is 18.8. The van der Waals surface area contributed by atoms with Gasteiger partial charge in [-0.3, -0.25) is 4.79 Å². The number of likely N-dealkylation sites (tertiary alicyclic amines) is 1. The molecule has 1 saturated heterocycles. The number of ether oxygens (including phenoxy) is 2. The molecule has 1 aliphatic rings. The largest absolute Gasteiger partial charge is 0.490 e. The molecule has 0 radical (unpaired) electrons. The van der Waals surface area contributed by atoms with Gasteiger partial charge < -0.3 is 19.7 Å². The Morgan fingerprint density at radius 3 is 2.13 bits per heavy atom. The Morgan fingerprint density at radius 1 is 1.00 bits per heavy atom. The van der Waals surface area contributed by atoms with E-state index in [1.807, 2.05) is 48.5 Å². The van der Waals surface area contributed by atoms with Gasteiger partial charge in [-0.25, -0.2) is 0 Å². The predicted molar refractivity (Wildman–Crippen MR) is 121 cm³/mol. The summed E-state index contributed by atoms with van der Waals surface area (Å²) in [5.74, 6) is 1.34. The molecular weight excluding hydrogens is 376 g/mol. The Morgan fingerprint density at radius 2 is 1.57 bits per heavy atom. The average Bonchev–Trinajstić information content (AvgIpc) is 2.71. The van der Waals surface area contributed by atoms with Crippen molar-refractivity contribution in [3.63, 3.8) is 0 Å². The Kier molecular flexibility index (Phi) is 7.03. The van der Waals surface area contributed by atoms with Crippen molar-refractivity contribution in [2.75, 3.05) is 25.5 Å². The van der Waals surface area contributed by atoms with Gasteiger partial charge in [-0.2, -0.15) is 0 Å². The van der Waals surface area contributed by atoms with Crippen LogP contribution in [0.2, 0.25) is 0 Å². The molecule has 1 N–H and O–H groups in total. The molecule has 1 atom stereocenters. The van der Waals surface area contributed by atoms with Gasteiger partial charge in [-0.15, -0.1) is 0 Å². The molecule has 0 unspecified atom stereocenters. The van der Waals surface area contributed by atoms with Crippen LogP contribution in [0.1, 0.15) is 46.1 Å². The molecule has 2 aromatic rings. The van der Waals surface area contributed by atoms with E-state index in [0.29, 0.717) is 5.75 Å². The maximum Gasteiger partial charge on any atom is 0.265 e. The molecule has 2 aromatic carbocycles. The highest BCUT2D eigenvalue weighted by molar-refractivity contribution is 5.94. The molecule has 1 heterocycles. The summed E-state index contributed by atoms with van der Waals surface area (Å²) in [6.45, 7) is 10.4. The van der Waals surface area contributed by atoms with E-state index >= 15 is 0 Å².